The van der Waals surface area contributed by atoms with Gasteiger partial charge in [-0.1, -0.05) is 53.4 Å². The molecule has 0 aromatic heterocycles. The number of ketones is 4. The van der Waals surface area contributed by atoms with Gasteiger partial charge >= 0.3 is 0 Å². The summed E-state index contributed by atoms with van der Waals surface area (Å²) < 4.78 is 0. The Hall–Kier alpha value is -0.430. The summed E-state index contributed by atoms with van der Waals surface area (Å²) in [6, 6.07) is -1.86. The molecule has 0 aromatic carbocycles. The Morgan fingerprint density at radius 2 is 1.18 bits per heavy atom. The van der Waals surface area contributed by atoms with E-state index in [4.69, 9.17) is 0 Å². The second-order valence-corrected chi connectivity index (χ2v) is 10.7. The molecule has 0 unspecified atom stereocenters. The number of carbonyl (C=O) groups is 4. The number of unbranched alkanes of at least 4 members (excludes halogenated alkanes) is 2. The molecule has 0 amide bonds. The third kappa shape index (κ3) is 16.6. The zero-order valence-electron chi connectivity index (χ0n) is 24.5. The molecule has 0 heterocycles. The summed E-state index contributed by atoms with van der Waals surface area (Å²) in [4.78, 5) is 50.5. The van der Waals surface area contributed by atoms with E-state index in [9.17, 15) is 19.2 Å². The average molecular weight is 595 g/mol. The SMILES string of the molecule is CCCC[C@H](NC)C(=O)CN[C@@H](CCCC)C(=O)CN[C@H](C(=O)CN[C@@H](CS)C(C)=O)[C@H](S)C(C)C.CS. The molecule has 8 nitrogen and oxygen atoms in total. The van der Waals surface area contributed by atoms with E-state index >= 15 is 0 Å². The minimum absolute atomic E-state index is 0.0102. The third-order valence-electron chi connectivity index (χ3n) is 6.40. The van der Waals surface area contributed by atoms with E-state index in [1.165, 1.54) is 6.92 Å². The fourth-order valence-corrected chi connectivity index (χ4v) is 4.48. The van der Waals surface area contributed by atoms with Crippen LogP contribution >= 0.6 is 37.9 Å². The van der Waals surface area contributed by atoms with Crippen LogP contribution in [-0.2, 0) is 19.2 Å². The fourth-order valence-electron chi connectivity index (χ4n) is 3.82. The molecule has 0 bridgehead atoms. The lowest BCUT2D eigenvalue weighted by Crippen LogP contribution is -2.54. The second kappa shape index (κ2) is 24.4. The molecule has 4 N–H and O–H groups in total. The molecule has 0 saturated carbocycles. The van der Waals surface area contributed by atoms with E-state index in [-0.39, 0.29) is 60.0 Å². The number of thiol groups is 3. The van der Waals surface area contributed by atoms with E-state index in [2.05, 4.69) is 73.0 Å². The summed E-state index contributed by atoms with van der Waals surface area (Å²) in [5, 5.41) is 12.0. The first-order valence-electron chi connectivity index (χ1n) is 13.7. The Morgan fingerprint density at radius 3 is 1.63 bits per heavy atom. The van der Waals surface area contributed by atoms with Gasteiger partial charge in [-0.3, -0.25) is 29.8 Å². The molecule has 0 spiro atoms. The van der Waals surface area contributed by atoms with Gasteiger partial charge in [-0.15, -0.1) is 0 Å². The number of likely N-dealkylation sites (N-methyl/N-ethyl adjacent to an activating group) is 1. The summed E-state index contributed by atoms with van der Waals surface area (Å²) in [7, 11) is 1.78. The van der Waals surface area contributed by atoms with E-state index < -0.39 is 18.1 Å². The van der Waals surface area contributed by atoms with Gasteiger partial charge in [-0.2, -0.15) is 37.9 Å². The van der Waals surface area contributed by atoms with Gasteiger partial charge in [0.05, 0.1) is 43.8 Å². The van der Waals surface area contributed by atoms with Crippen molar-refractivity contribution in [2.45, 2.75) is 103 Å². The minimum Gasteiger partial charge on any atom is -0.311 e. The van der Waals surface area contributed by atoms with Crippen LogP contribution in [0, 0.1) is 5.92 Å². The molecule has 0 aliphatic carbocycles. The molecular weight excluding hydrogens is 541 g/mol. The van der Waals surface area contributed by atoms with Crippen LogP contribution in [0.15, 0.2) is 0 Å². The zero-order valence-corrected chi connectivity index (χ0v) is 27.2. The molecule has 11 heteroatoms. The summed E-state index contributed by atoms with van der Waals surface area (Å²) in [5.41, 5.74) is 0. The highest BCUT2D eigenvalue weighted by molar-refractivity contribution is 7.81. The normalized spacial score (nSPS) is 15.1. The lowest BCUT2D eigenvalue weighted by Gasteiger charge is -2.28. The topological polar surface area (TPSA) is 116 Å². The third-order valence-corrected chi connectivity index (χ3v) is 7.66. The summed E-state index contributed by atoms with van der Waals surface area (Å²) in [6.07, 6.45) is 6.86. The highest BCUT2D eigenvalue weighted by atomic mass is 32.1. The predicted octanol–water partition coefficient (Wildman–Crippen LogP) is 2.56. The average Bonchev–Trinajstić information content (AvgIpc) is 2.90. The molecule has 0 radical (unpaired) electrons. The maximum atomic E-state index is 13.1. The van der Waals surface area contributed by atoms with Gasteiger partial charge in [0.25, 0.3) is 0 Å². The van der Waals surface area contributed by atoms with Crippen LogP contribution < -0.4 is 21.3 Å². The van der Waals surface area contributed by atoms with Crippen molar-refractivity contribution in [3.05, 3.63) is 0 Å². The molecule has 0 aliphatic rings. The van der Waals surface area contributed by atoms with E-state index in [1.54, 1.807) is 13.3 Å². The van der Waals surface area contributed by atoms with Crippen molar-refractivity contribution in [3.63, 3.8) is 0 Å². The van der Waals surface area contributed by atoms with Gasteiger partial charge < -0.3 is 10.6 Å². The van der Waals surface area contributed by atoms with Crippen LogP contribution in [0.2, 0.25) is 0 Å². The number of Topliss-reactive ketones (excluding diaryl/α,β-unsaturated/α-hetero) is 4. The molecule has 38 heavy (non-hydrogen) atoms. The molecule has 0 aliphatic heterocycles. The highest BCUT2D eigenvalue weighted by Gasteiger charge is 2.30. The van der Waals surface area contributed by atoms with Gasteiger partial charge in [0.15, 0.2) is 17.3 Å². The Labute approximate surface area is 248 Å². The van der Waals surface area contributed by atoms with Crippen molar-refractivity contribution in [2.75, 3.05) is 38.7 Å². The summed E-state index contributed by atoms with van der Waals surface area (Å²) in [6.45, 7) is 9.63. The first-order valence-corrected chi connectivity index (χ1v) is 15.8. The Morgan fingerprint density at radius 1 is 0.737 bits per heavy atom. The Balaban J connectivity index is 0. The van der Waals surface area contributed by atoms with Gasteiger partial charge in [0, 0.05) is 11.0 Å². The molecule has 224 valence electrons. The van der Waals surface area contributed by atoms with Crippen molar-refractivity contribution in [3.8, 4) is 0 Å². The van der Waals surface area contributed by atoms with Crippen LogP contribution in [0.25, 0.3) is 0 Å². The lowest BCUT2D eigenvalue weighted by molar-refractivity contribution is -0.122. The first-order chi connectivity index (χ1) is 18.0. The maximum Gasteiger partial charge on any atom is 0.164 e. The predicted molar refractivity (Wildman–Crippen MR) is 169 cm³/mol. The van der Waals surface area contributed by atoms with Crippen molar-refractivity contribution in [1.29, 1.82) is 0 Å². The molecule has 0 saturated heterocycles. The molecule has 5 atom stereocenters. The number of hydrogen-bond acceptors (Lipinski definition) is 11. The van der Waals surface area contributed by atoms with Gasteiger partial charge in [-0.05, 0) is 39.0 Å². The number of rotatable bonds is 23. The quantitative estimate of drug-likeness (QED) is 0.0904. The molecular formula is C27H54N4O4S3. The number of nitrogens with one attached hydrogen (secondary N) is 4. The van der Waals surface area contributed by atoms with Gasteiger partial charge in [0.1, 0.15) is 5.78 Å². The van der Waals surface area contributed by atoms with E-state index in [0.717, 1.165) is 32.1 Å². The summed E-state index contributed by atoms with van der Waals surface area (Å²) in [5.74, 6) is 0.101. The van der Waals surface area contributed by atoms with Gasteiger partial charge in [-0.25, -0.2) is 0 Å². The van der Waals surface area contributed by atoms with Crippen LogP contribution in [0.4, 0.5) is 0 Å². The van der Waals surface area contributed by atoms with Crippen molar-refractivity contribution < 1.29 is 19.2 Å². The van der Waals surface area contributed by atoms with Crippen LogP contribution in [0.5, 0.6) is 0 Å². The molecule has 0 aromatic rings. The van der Waals surface area contributed by atoms with Crippen molar-refractivity contribution in [1.82, 2.24) is 21.3 Å². The zero-order chi connectivity index (χ0) is 29.7. The molecule has 0 rings (SSSR count). The number of carbonyl (C=O) groups excluding carboxylic acids is 4. The van der Waals surface area contributed by atoms with E-state index in [0.29, 0.717) is 12.2 Å². The Kier molecular flexibility index (Phi) is 25.5. The number of hydrogen-bond donors (Lipinski definition) is 7. The van der Waals surface area contributed by atoms with Crippen molar-refractivity contribution >= 4 is 61.0 Å². The van der Waals surface area contributed by atoms with Crippen LogP contribution in [-0.4, -0.2) is 91.2 Å². The minimum atomic E-state index is -0.659. The monoisotopic (exact) mass is 594 g/mol. The summed E-state index contributed by atoms with van der Waals surface area (Å²) >= 11 is 12.3. The second-order valence-electron chi connectivity index (χ2n) is 9.78. The van der Waals surface area contributed by atoms with Gasteiger partial charge in [0.2, 0.25) is 0 Å². The van der Waals surface area contributed by atoms with Crippen LogP contribution in [0.3, 0.4) is 0 Å². The smallest absolute Gasteiger partial charge is 0.164 e. The van der Waals surface area contributed by atoms with Crippen LogP contribution in [0.1, 0.15) is 73.1 Å². The Bertz CT molecular complexity index is 683. The largest absolute Gasteiger partial charge is 0.311 e. The molecule has 0 fully saturated rings. The highest BCUT2D eigenvalue weighted by Crippen LogP contribution is 2.15. The van der Waals surface area contributed by atoms with E-state index in [1.807, 2.05) is 13.8 Å². The standard InChI is InChI=1S/C26H50N4O4S2.CH4S/c1-7-9-11-19(27-6)22(32)13-28-20(12-10-8-2)23(33)14-30-25(26(36)17(3)4)24(34)15-29-21(16-35)18(5)31;1-2/h17,19-21,25-30,35-36H,7-16H2,1-6H3;2H,1H3/t19-,20-,21-,25+,26+;/m0./s1. The van der Waals surface area contributed by atoms with Crippen molar-refractivity contribution in [2.24, 2.45) is 5.92 Å². The first kappa shape index (κ1) is 39.7. The fraction of sp³-hybridized carbons (Fsp3) is 0.852. The lowest BCUT2D eigenvalue weighted by atomic mass is 9.98. The maximum absolute atomic E-state index is 13.1.